The van der Waals surface area contributed by atoms with Gasteiger partial charge in [-0.15, -0.1) is 0 Å². The molecule has 4 unspecified atom stereocenters. The fourth-order valence-electron chi connectivity index (χ4n) is 7.21. The van der Waals surface area contributed by atoms with Crippen molar-refractivity contribution in [2.45, 2.75) is 194 Å². The van der Waals surface area contributed by atoms with E-state index in [4.69, 9.17) is 0 Å². The van der Waals surface area contributed by atoms with Crippen LogP contribution in [0.1, 0.15) is 194 Å². The van der Waals surface area contributed by atoms with Gasteiger partial charge >= 0.3 is 116 Å². The Labute approximate surface area is 341 Å². The Balaban J connectivity index is 0. The number of hydrogen-bond acceptors (Lipinski definition) is 0. The van der Waals surface area contributed by atoms with E-state index in [9.17, 15) is 0 Å². The molecule has 0 aromatic carbocycles. The first kappa shape index (κ1) is 43.7. The predicted molar refractivity (Wildman–Crippen MR) is 165 cm³/mol. The number of hydrogen-bond donors (Lipinski definition) is 0. The van der Waals surface area contributed by atoms with Crippen molar-refractivity contribution >= 4 is 0 Å². The van der Waals surface area contributed by atoms with E-state index in [0.29, 0.717) is 0 Å². The monoisotopic (exact) mass is 672 g/mol. The molecule has 38 heavy (non-hydrogen) atoms. The fourth-order valence-corrected chi connectivity index (χ4v) is 7.21. The molecule has 0 aromatic heterocycles. The average Bonchev–Trinajstić information content (AvgIpc) is 2.89. The second-order valence-electron chi connectivity index (χ2n) is 12.7. The molecule has 1 aliphatic carbocycles. The second-order valence-corrected chi connectivity index (χ2v) is 12.7. The molecule has 1 aliphatic rings. The van der Waals surface area contributed by atoms with Gasteiger partial charge in [0.15, 0.2) is 0 Å². The van der Waals surface area contributed by atoms with E-state index in [1.165, 1.54) is 148 Å². The van der Waals surface area contributed by atoms with Crippen LogP contribution in [0.5, 0.6) is 0 Å². The molecule has 0 bridgehead atoms. The molecule has 4 atom stereocenters. The zero-order valence-electron chi connectivity index (χ0n) is 27.5. The van der Waals surface area contributed by atoms with Crippen LogP contribution in [0.4, 0.5) is 0 Å². The molecular weight excluding hydrogens is 603 g/mol. The summed E-state index contributed by atoms with van der Waals surface area (Å²) < 4.78 is 0. The molecule has 0 nitrogen and oxygen atoms in total. The summed E-state index contributed by atoms with van der Waals surface area (Å²) in [5.74, 6) is 4.16. The van der Waals surface area contributed by atoms with Crippen molar-refractivity contribution in [1.82, 2.24) is 0 Å². The van der Waals surface area contributed by atoms with Crippen LogP contribution in [0.3, 0.4) is 0 Å². The summed E-state index contributed by atoms with van der Waals surface area (Å²) in [6.07, 6.45) is 40.4. The van der Waals surface area contributed by atoms with Crippen molar-refractivity contribution in [2.75, 3.05) is 0 Å². The van der Waals surface area contributed by atoms with Crippen molar-refractivity contribution < 1.29 is 116 Å². The molecule has 0 saturated heterocycles. The topological polar surface area (TPSA) is 0 Å². The molecule has 1 fully saturated rings. The Kier molecular flexibility index (Phi) is 38.6. The minimum absolute atomic E-state index is 0. The average molecular weight is 674 g/mol. The first-order valence-corrected chi connectivity index (χ1v) is 17.3. The van der Waals surface area contributed by atoms with Gasteiger partial charge in [-0.25, -0.2) is 0 Å². The van der Waals surface area contributed by atoms with Crippen LogP contribution in [-0.2, 0) is 0 Å². The fraction of sp³-hybridized carbons (Fsp3) is 0.944. The van der Waals surface area contributed by atoms with Gasteiger partial charge in [-0.3, -0.25) is 0 Å². The van der Waals surface area contributed by atoms with Gasteiger partial charge in [0.2, 0.25) is 0 Å². The maximum Gasteiger partial charge on any atom is 1.00 e. The Hall–Kier alpha value is 3.61. The van der Waals surface area contributed by atoms with Crippen LogP contribution < -0.4 is 116 Å². The first-order chi connectivity index (χ1) is 17.8. The number of unbranched alkanes of at least 4 members (excludes halogenated alkanes) is 18. The summed E-state index contributed by atoms with van der Waals surface area (Å²) >= 11 is 0. The molecule has 1 rings (SSSR count). The summed E-state index contributed by atoms with van der Waals surface area (Å²) in [6, 6.07) is 0. The Morgan fingerprint density at radius 2 is 0.605 bits per heavy atom. The van der Waals surface area contributed by atoms with Crippen molar-refractivity contribution in [2.24, 2.45) is 23.7 Å². The normalized spacial score (nSPS) is 21.2. The molecule has 0 aromatic rings. The standard InChI is InChI=1S/C36H70.2Rb/c1-5-9-13-17-20-24-28-34-32-36(30-26-22-19-15-11-7-3)35(29-25-21-18-14-10-6-2)31-33(34)27-23-16-12-8-4;;/h33-36H,2-3,5-32H2,1,4H3;;/q-2;2*+1. The van der Waals surface area contributed by atoms with Crippen molar-refractivity contribution in [1.29, 1.82) is 0 Å². The van der Waals surface area contributed by atoms with E-state index in [-0.39, 0.29) is 116 Å². The van der Waals surface area contributed by atoms with Gasteiger partial charge in [0.1, 0.15) is 0 Å². The molecule has 0 radical (unpaired) electrons. The quantitative estimate of drug-likeness (QED) is 0.0679. The predicted octanol–water partition coefficient (Wildman–Crippen LogP) is 7.10. The Morgan fingerprint density at radius 3 is 0.895 bits per heavy atom. The molecule has 0 aliphatic heterocycles. The minimum atomic E-state index is 0. The zero-order chi connectivity index (χ0) is 26.1. The third kappa shape index (κ3) is 24.0. The van der Waals surface area contributed by atoms with E-state index in [0.717, 1.165) is 36.5 Å². The van der Waals surface area contributed by atoms with Crippen molar-refractivity contribution in [3.8, 4) is 0 Å². The van der Waals surface area contributed by atoms with Gasteiger partial charge in [-0.2, -0.15) is 12.8 Å². The van der Waals surface area contributed by atoms with Gasteiger partial charge in [0, 0.05) is 0 Å². The molecule has 1 saturated carbocycles. The third-order valence-corrected chi connectivity index (χ3v) is 9.55. The van der Waals surface area contributed by atoms with Crippen LogP contribution in [0.2, 0.25) is 0 Å². The maximum atomic E-state index is 4.03. The number of rotatable bonds is 26. The van der Waals surface area contributed by atoms with Crippen LogP contribution in [0, 0.1) is 37.5 Å². The summed E-state index contributed by atoms with van der Waals surface area (Å²) in [5.41, 5.74) is 0. The minimum Gasteiger partial charge on any atom is -0.343 e. The maximum absolute atomic E-state index is 4.03. The van der Waals surface area contributed by atoms with Gasteiger partial charge in [0.25, 0.3) is 0 Å². The van der Waals surface area contributed by atoms with Crippen molar-refractivity contribution in [3.05, 3.63) is 13.8 Å². The summed E-state index contributed by atoms with van der Waals surface area (Å²) in [5, 5.41) is 0. The van der Waals surface area contributed by atoms with Crippen molar-refractivity contribution in [3.63, 3.8) is 0 Å². The van der Waals surface area contributed by atoms with Crippen LogP contribution in [0.15, 0.2) is 0 Å². The van der Waals surface area contributed by atoms with Crippen LogP contribution >= 0.6 is 0 Å². The summed E-state index contributed by atoms with van der Waals surface area (Å²) in [4.78, 5) is 0. The summed E-state index contributed by atoms with van der Waals surface area (Å²) in [6.45, 7) is 12.8. The SMILES string of the molecule is [CH2-]CCCCCCCC1CC(CCCCCC)C(CCCCCCCC)CC1CCCCCCC[CH2-].[Rb+].[Rb+]. The van der Waals surface area contributed by atoms with E-state index < -0.39 is 0 Å². The van der Waals surface area contributed by atoms with Gasteiger partial charge in [-0.05, 0) is 36.5 Å². The molecule has 2 heteroatoms. The largest absolute Gasteiger partial charge is 1.00 e. The van der Waals surface area contributed by atoms with E-state index >= 15 is 0 Å². The second kappa shape index (κ2) is 33.5. The van der Waals surface area contributed by atoms with E-state index in [1.54, 1.807) is 19.3 Å². The van der Waals surface area contributed by atoms with E-state index in [2.05, 4.69) is 27.7 Å². The summed E-state index contributed by atoms with van der Waals surface area (Å²) in [7, 11) is 0. The molecule has 0 heterocycles. The first-order valence-electron chi connectivity index (χ1n) is 17.3. The Morgan fingerprint density at radius 1 is 0.368 bits per heavy atom. The molecule has 0 amide bonds. The molecule has 0 N–H and O–H groups in total. The molecule has 0 spiro atoms. The molecule has 216 valence electrons. The third-order valence-electron chi connectivity index (χ3n) is 9.55. The van der Waals surface area contributed by atoms with Gasteiger partial charge < -0.3 is 13.8 Å². The van der Waals surface area contributed by atoms with Gasteiger partial charge in [0.05, 0.1) is 0 Å². The van der Waals surface area contributed by atoms with E-state index in [1.807, 2.05) is 0 Å². The van der Waals surface area contributed by atoms with Crippen LogP contribution in [-0.4, -0.2) is 0 Å². The Bertz CT molecular complexity index is 437. The molecular formula is C36H70Rb2. The van der Waals surface area contributed by atoms with Gasteiger partial charge in [-0.1, -0.05) is 168 Å². The smallest absolute Gasteiger partial charge is 0.343 e. The van der Waals surface area contributed by atoms with Crippen LogP contribution in [0.25, 0.3) is 0 Å². The zero-order valence-corrected chi connectivity index (χ0v) is 37.4.